The molecule has 0 radical (unpaired) electrons. The summed E-state index contributed by atoms with van der Waals surface area (Å²) in [6.07, 6.45) is 13.5. The van der Waals surface area contributed by atoms with E-state index in [0.29, 0.717) is 18.0 Å². The molecule has 56 heavy (non-hydrogen) atoms. The molecule has 4 aromatic rings. The van der Waals surface area contributed by atoms with E-state index in [9.17, 15) is 0 Å². The molecule has 1 spiro atoms. The average molecular weight is 744 g/mol. The van der Waals surface area contributed by atoms with Gasteiger partial charge in [-0.3, -0.25) is 0 Å². The SMILES string of the molecule is Cc1ccc2c(c1)C1=C(c3ccc4c(c3C1(C)C)-c1cc(C)c3c(C)cccc3[n+]1C1(C)C4(C)C13N(C1CCCCC1)C(C(C)C)=[N+]3C1CCCCC1)C2(C)C. The van der Waals surface area contributed by atoms with Gasteiger partial charge in [-0.1, -0.05) is 102 Å². The molecule has 2 aliphatic heterocycles. The minimum Gasteiger partial charge on any atom is -0.213 e. The lowest BCUT2D eigenvalue weighted by atomic mass is 9.70. The van der Waals surface area contributed by atoms with Crippen LogP contribution in [0.15, 0.2) is 54.6 Å². The maximum Gasteiger partial charge on any atom is 0.327 e. The van der Waals surface area contributed by atoms with E-state index < -0.39 is 0 Å². The molecule has 0 saturated heterocycles. The van der Waals surface area contributed by atoms with Crippen LogP contribution in [-0.2, 0) is 21.8 Å². The van der Waals surface area contributed by atoms with Crippen molar-refractivity contribution in [1.82, 2.24) is 4.90 Å². The summed E-state index contributed by atoms with van der Waals surface area (Å²) in [5, 5.41) is 1.45. The molecule has 1 aromatic heterocycles. The zero-order valence-electron chi connectivity index (χ0n) is 36.3. The highest BCUT2D eigenvalue weighted by Crippen LogP contribution is 2.79. The molecule has 7 aliphatic rings. The zero-order chi connectivity index (χ0) is 39.1. The quantitative estimate of drug-likeness (QED) is 0.190. The molecule has 3 unspecified atom stereocenters. The van der Waals surface area contributed by atoms with E-state index in [1.165, 1.54) is 114 Å². The molecule has 3 fully saturated rings. The number of benzene rings is 3. The molecule has 3 saturated carbocycles. The maximum absolute atomic E-state index is 3.14. The van der Waals surface area contributed by atoms with Crippen LogP contribution in [0.3, 0.4) is 0 Å². The number of hydrogen-bond acceptors (Lipinski definition) is 1. The molecule has 0 N–H and O–H groups in total. The first-order chi connectivity index (χ1) is 26.7. The summed E-state index contributed by atoms with van der Waals surface area (Å²) in [5.41, 5.74) is 18.8. The van der Waals surface area contributed by atoms with E-state index in [4.69, 9.17) is 0 Å². The van der Waals surface area contributed by atoms with E-state index in [2.05, 4.69) is 145 Å². The van der Waals surface area contributed by atoms with Crippen molar-refractivity contribution in [2.24, 2.45) is 5.92 Å². The fourth-order valence-corrected chi connectivity index (χ4v) is 15.1. The smallest absolute Gasteiger partial charge is 0.213 e. The number of nitrogens with zero attached hydrogens (tertiary/aromatic N) is 3. The number of hydrogen-bond donors (Lipinski definition) is 0. The van der Waals surface area contributed by atoms with E-state index in [-0.39, 0.29) is 27.4 Å². The van der Waals surface area contributed by atoms with Gasteiger partial charge in [0, 0.05) is 29.9 Å². The van der Waals surface area contributed by atoms with Gasteiger partial charge < -0.3 is 0 Å². The van der Waals surface area contributed by atoms with Gasteiger partial charge in [0.1, 0.15) is 12.1 Å². The number of fused-ring (bicyclic) bond motifs is 15. The number of rotatable bonds is 3. The Kier molecular flexibility index (Phi) is 7.00. The summed E-state index contributed by atoms with van der Waals surface area (Å²) in [7, 11) is 0. The van der Waals surface area contributed by atoms with Gasteiger partial charge in [0.15, 0.2) is 5.41 Å². The van der Waals surface area contributed by atoms with E-state index >= 15 is 0 Å². The first kappa shape index (κ1) is 35.4. The van der Waals surface area contributed by atoms with Gasteiger partial charge in [0.25, 0.3) is 11.4 Å². The molecule has 3 nitrogen and oxygen atoms in total. The Morgan fingerprint density at radius 2 is 1.34 bits per heavy atom. The van der Waals surface area contributed by atoms with Crippen LogP contribution in [0, 0.1) is 26.7 Å². The minimum atomic E-state index is -0.161. The summed E-state index contributed by atoms with van der Waals surface area (Å²) >= 11 is 0. The van der Waals surface area contributed by atoms with Crippen LogP contribution in [0.5, 0.6) is 0 Å². The topological polar surface area (TPSA) is 10.1 Å². The lowest BCUT2D eigenvalue weighted by Gasteiger charge is -2.50. The summed E-state index contributed by atoms with van der Waals surface area (Å²) < 4.78 is 6.11. The van der Waals surface area contributed by atoms with Crippen LogP contribution in [0.2, 0.25) is 0 Å². The van der Waals surface area contributed by atoms with Gasteiger partial charge in [0.05, 0.1) is 16.9 Å². The highest BCUT2D eigenvalue weighted by Gasteiger charge is 3.06. The third-order valence-electron chi connectivity index (χ3n) is 17.3. The molecule has 0 amide bonds. The lowest BCUT2D eigenvalue weighted by molar-refractivity contribution is -0.771. The number of aromatic nitrogens is 1. The zero-order valence-corrected chi connectivity index (χ0v) is 36.3. The maximum atomic E-state index is 3.14. The Morgan fingerprint density at radius 3 is 2.04 bits per heavy atom. The number of amidine groups is 1. The fourth-order valence-electron chi connectivity index (χ4n) is 15.1. The van der Waals surface area contributed by atoms with Gasteiger partial charge in [-0.25, -0.2) is 9.48 Å². The first-order valence-electron chi connectivity index (χ1n) is 22.6. The summed E-state index contributed by atoms with van der Waals surface area (Å²) in [6.45, 7) is 27.6. The highest BCUT2D eigenvalue weighted by atomic mass is 15.6. The van der Waals surface area contributed by atoms with Crippen LogP contribution in [0.25, 0.3) is 33.3 Å². The van der Waals surface area contributed by atoms with E-state index in [1.807, 2.05) is 0 Å². The van der Waals surface area contributed by atoms with Crippen molar-refractivity contribution in [3.63, 3.8) is 0 Å². The first-order valence-corrected chi connectivity index (χ1v) is 22.6. The van der Waals surface area contributed by atoms with Crippen molar-refractivity contribution < 1.29 is 9.14 Å². The third-order valence-corrected chi connectivity index (χ3v) is 17.3. The van der Waals surface area contributed by atoms with Gasteiger partial charge in [-0.2, -0.15) is 4.57 Å². The second kappa shape index (κ2) is 11.1. The molecule has 3 heterocycles. The van der Waals surface area contributed by atoms with Crippen molar-refractivity contribution in [3.05, 3.63) is 99.1 Å². The standard InChI is InChI=1S/C53H65N3/c1-31(2)48-54(35-20-14-12-15-21-35)53(55(48)36-22-16-13-17-23-36)51(10)40-28-26-37-45(50(8,9)47-38-29-32(3)25-27-39(38)49(6,7)46(37)47)44(40)42-30-34(5)43-33(4)19-18-24-41(43)56(42)52(51,53)11/h18-19,24-31,35-36H,12-17,20-23H2,1-11H3/q+2. The van der Waals surface area contributed by atoms with Gasteiger partial charge in [-0.15, -0.1) is 0 Å². The Balaban J connectivity index is 1.27. The Hall–Kier alpha value is -3.72. The van der Waals surface area contributed by atoms with Crippen LogP contribution >= 0.6 is 0 Å². The largest absolute Gasteiger partial charge is 0.327 e. The fraction of sp³-hybridized carbons (Fsp3) is 0.547. The van der Waals surface area contributed by atoms with Crippen molar-refractivity contribution in [1.29, 1.82) is 0 Å². The summed E-state index contributed by atoms with van der Waals surface area (Å²) in [4.78, 5) is 3.14. The predicted molar refractivity (Wildman–Crippen MR) is 233 cm³/mol. The molecule has 5 aliphatic carbocycles. The van der Waals surface area contributed by atoms with Crippen molar-refractivity contribution >= 4 is 27.9 Å². The number of allylic oxidation sites excluding steroid dienone is 2. The highest BCUT2D eigenvalue weighted by molar-refractivity contribution is 6.11. The molecule has 11 rings (SSSR count). The van der Waals surface area contributed by atoms with E-state index in [1.54, 1.807) is 33.7 Å². The molecule has 3 atom stereocenters. The average Bonchev–Trinajstić information content (AvgIpc) is 3.36. The van der Waals surface area contributed by atoms with Gasteiger partial charge in [-0.05, 0) is 129 Å². The van der Waals surface area contributed by atoms with Crippen LogP contribution in [-0.4, -0.2) is 33.1 Å². The van der Waals surface area contributed by atoms with Crippen molar-refractivity contribution in [3.8, 4) is 11.3 Å². The third kappa shape index (κ3) is 3.72. The predicted octanol–water partition coefficient (Wildman–Crippen LogP) is 12.0. The minimum absolute atomic E-state index is 0.0555. The summed E-state index contributed by atoms with van der Waals surface area (Å²) in [6, 6.07) is 23.6. The van der Waals surface area contributed by atoms with E-state index in [0.717, 1.165) is 0 Å². The van der Waals surface area contributed by atoms with Crippen LogP contribution in [0.1, 0.15) is 164 Å². The van der Waals surface area contributed by atoms with Crippen LogP contribution in [0.4, 0.5) is 0 Å². The normalized spacial score (nSPS) is 29.7. The second-order valence-corrected chi connectivity index (χ2v) is 21.2. The lowest BCUT2D eigenvalue weighted by Crippen LogP contribution is -2.76. The molecule has 3 aromatic carbocycles. The Bertz CT molecular complexity index is 2500. The molecular weight excluding hydrogens is 679 g/mol. The van der Waals surface area contributed by atoms with Crippen LogP contribution < -0.4 is 4.57 Å². The molecule has 0 bridgehead atoms. The molecule has 290 valence electrons. The van der Waals surface area contributed by atoms with Crippen molar-refractivity contribution in [2.75, 3.05) is 0 Å². The Labute approximate surface area is 336 Å². The number of pyridine rings is 1. The van der Waals surface area contributed by atoms with Gasteiger partial charge in [0.2, 0.25) is 11.2 Å². The number of aryl methyl sites for hydroxylation is 3. The molecular formula is C53H65N3+2. The monoisotopic (exact) mass is 744 g/mol. The van der Waals surface area contributed by atoms with Crippen molar-refractivity contribution in [2.45, 2.75) is 180 Å². The van der Waals surface area contributed by atoms with Gasteiger partial charge >= 0.3 is 5.66 Å². The molecule has 3 heteroatoms. The second-order valence-electron chi connectivity index (χ2n) is 21.2. The summed E-state index contributed by atoms with van der Waals surface area (Å²) in [5.74, 6) is 2.16. The Morgan fingerprint density at radius 1 is 0.679 bits per heavy atom.